The van der Waals surface area contributed by atoms with Gasteiger partial charge in [-0.15, -0.1) is 0 Å². The van der Waals surface area contributed by atoms with Gasteiger partial charge >= 0.3 is 0 Å². The number of anilines is 1. The zero-order valence-electron chi connectivity index (χ0n) is 17.1. The Morgan fingerprint density at radius 1 is 1.00 bits per heavy atom. The van der Waals surface area contributed by atoms with Gasteiger partial charge in [0.2, 0.25) is 0 Å². The molecule has 0 aliphatic rings. The number of methoxy groups -OCH3 is 2. The van der Waals surface area contributed by atoms with E-state index in [4.69, 9.17) is 9.47 Å². The van der Waals surface area contributed by atoms with E-state index < -0.39 is 11.0 Å². The number of aliphatic hydroxyl groups is 1. The summed E-state index contributed by atoms with van der Waals surface area (Å²) in [5, 5.41) is 25.4. The zero-order valence-corrected chi connectivity index (χ0v) is 18.7. The Hall–Kier alpha value is -3.10. The van der Waals surface area contributed by atoms with Crippen molar-refractivity contribution in [3.63, 3.8) is 0 Å². The molecule has 31 heavy (non-hydrogen) atoms. The van der Waals surface area contributed by atoms with Gasteiger partial charge in [-0.05, 0) is 41.5 Å². The molecule has 3 aromatic rings. The number of nitro benzene ring substituents is 1. The first-order valence-electron chi connectivity index (χ1n) is 9.57. The number of aliphatic hydroxyl groups excluding tert-OH is 1. The average molecular weight is 487 g/mol. The number of ether oxygens (including phenoxy) is 2. The minimum Gasteiger partial charge on any atom is -0.493 e. The molecule has 2 N–H and O–H groups in total. The Kier molecular flexibility index (Phi) is 7.49. The lowest BCUT2D eigenvalue weighted by molar-refractivity contribution is -0.384. The van der Waals surface area contributed by atoms with Gasteiger partial charge in [0, 0.05) is 28.7 Å². The van der Waals surface area contributed by atoms with Crippen molar-refractivity contribution in [2.24, 2.45) is 0 Å². The molecule has 0 saturated carbocycles. The van der Waals surface area contributed by atoms with E-state index in [-0.39, 0.29) is 11.7 Å². The maximum atomic E-state index is 11.1. The highest BCUT2D eigenvalue weighted by atomic mass is 79.9. The zero-order chi connectivity index (χ0) is 22.4. The van der Waals surface area contributed by atoms with E-state index in [0.717, 1.165) is 10.0 Å². The summed E-state index contributed by atoms with van der Waals surface area (Å²) in [5.74, 6) is 1.11. The van der Waals surface area contributed by atoms with Crippen molar-refractivity contribution in [2.45, 2.75) is 18.6 Å². The highest BCUT2D eigenvalue weighted by Gasteiger charge is 2.20. The summed E-state index contributed by atoms with van der Waals surface area (Å²) in [7, 11) is 3.10. The molecule has 2 unspecified atom stereocenters. The van der Waals surface area contributed by atoms with E-state index in [0.29, 0.717) is 29.2 Å². The van der Waals surface area contributed by atoms with Crippen LogP contribution in [-0.2, 0) is 0 Å². The van der Waals surface area contributed by atoms with Crippen molar-refractivity contribution in [1.82, 2.24) is 0 Å². The van der Waals surface area contributed by atoms with Crippen molar-refractivity contribution in [1.29, 1.82) is 0 Å². The minimum atomic E-state index is -0.806. The number of halogens is 1. The van der Waals surface area contributed by atoms with E-state index in [9.17, 15) is 15.2 Å². The molecule has 0 aromatic heterocycles. The van der Waals surface area contributed by atoms with Gasteiger partial charge in [0.05, 0.1) is 31.3 Å². The fourth-order valence-corrected chi connectivity index (χ4v) is 3.57. The molecular formula is C23H23BrN2O5. The smallest absolute Gasteiger partial charge is 0.271 e. The first-order chi connectivity index (χ1) is 14.9. The lowest BCUT2D eigenvalue weighted by Gasteiger charge is -2.24. The van der Waals surface area contributed by atoms with Crippen LogP contribution in [0.15, 0.2) is 71.2 Å². The van der Waals surface area contributed by atoms with Crippen LogP contribution in [0.5, 0.6) is 11.5 Å². The summed E-state index contributed by atoms with van der Waals surface area (Å²) in [4.78, 5) is 10.7. The van der Waals surface area contributed by atoms with Crippen LogP contribution in [0.4, 0.5) is 11.4 Å². The molecule has 8 heteroatoms. The lowest BCUT2D eigenvalue weighted by Crippen LogP contribution is -2.15. The maximum Gasteiger partial charge on any atom is 0.271 e. The van der Waals surface area contributed by atoms with Gasteiger partial charge in [-0.1, -0.05) is 40.2 Å². The molecule has 0 fully saturated rings. The van der Waals surface area contributed by atoms with Gasteiger partial charge in [0.15, 0.2) is 11.5 Å². The number of nitro groups is 1. The number of rotatable bonds is 9. The highest BCUT2D eigenvalue weighted by Crippen LogP contribution is 2.35. The van der Waals surface area contributed by atoms with Crippen LogP contribution in [0.2, 0.25) is 0 Å². The van der Waals surface area contributed by atoms with Gasteiger partial charge in [-0.25, -0.2) is 0 Å². The molecular weight excluding hydrogens is 464 g/mol. The molecule has 0 spiro atoms. The van der Waals surface area contributed by atoms with Crippen molar-refractivity contribution in [3.8, 4) is 11.5 Å². The number of benzene rings is 3. The number of nitrogens with zero attached hydrogens (tertiary/aromatic N) is 1. The van der Waals surface area contributed by atoms with Crippen LogP contribution >= 0.6 is 15.9 Å². The standard InChI is InChI=1S/C23H23BrN2O5/c1-30-22-11-8-16(12-23(22)31-2)21(27)14-20(15-6-9-17(24)10-7-15)25-18-4-3-5-19(13-18)26(28)29/h3-13,20-21,25,27H,14H2,1-2H3. The first kappa shape index (κ1) is 22.6. The second-order valence-corrected chi connectivity index (χ2v) is 7.84. The Balaban J connectivity index is 1.88. The molecule has 0 saturated heterocycles. The quantitative estimate of drug-likeness (QED) is 0.299. The van der Waals surface area contributed by atoms with Crippen LogP contribution in [0.1, 0.15) is 29.7 Å². The number of hydrogen-bond donors (Lipinski definition) is 2. The molecule has 0 aliphatic heterocycles. The third kappa shape index (κ3) is 5.74. The first-order valence-corrected chi connectivity index (χ1v) is 10.4. The summed E-state index contributed by atoms with van der Waals surface area (Å²) in [5.41, 5.74) is 2.22. The molecule has 3 aromatic carbocycles. The van der Waals surface area contributed by atoms with Crippen LogP contribution in [0, 0.1) is 10.1 Å². The van der Waals surface area contributed by atoms with Crippen molar-refractivity contribution in [2.75, 3.05) is 19.5 Å². The topological polar surface area (TPSA) is 93.9 Å². The Bertz CT molecular complexity index is 1040. The molecule has 162 valence electrons. The number of nitrogens with one attached hydrogen (secondary N) is 1. The summed E-state index contributed by atoms with van der Waals surface area (Å²) in [6.07, 6.45) is -0.473. The molecule has 0 bridgehead atoms. The van der Waals surface area contributed by atoms with Crippen molar-refractivity contribution < 1.29 is 19.5 Å². The molecule has 0 aliphatic carbocycles. The van der Waals surface area contributed by atoms with Crippen LogP contribution < -0.4 is 14.8 Å². The normalized spacial score (nSPS) is 12.6. The van der Waals surface area contributed by atoms with Gasteiger partial charge in [-0.3, -0.25) is 10.1 Å². The lowest BCUT2D eigenvalue weighted by atomic mass is 9.96. The van der Waals surface area contributed by atoms with Gasteiger partial charge in [0.25, 0.3) is 5.69 Å². The second kappa shape index (κ2) is 10.3. The molecule has 2 atom stereocenters. The summed E-state index contributed by atoms with van der Waals surface area (Å²) in [6, 6.07) is 19.0. The molecule has 7 nitrogen and oxygen atoms in total. The van der Waals surface area contributed by atoms with E-state index >= 15 is 0 Å². The van der Waals surface area contributed by atoms with E-state index in [2.05, 4.69) is 21.2 Å². The van der Waals surface area contributed by atoms with Crippen molar-refractivity contribution >= 4 is 27.3 Å². The third-order valence-corrected chi connectivity index (χ3v) is 5.45. The summed E-state index contributed by atoms with van der Waals surface area (Å²) in [6.45, 7) is 0. The monoisotopic (exact) mass is 486 g/mol. The van der Waals surface area contributed by atoms with Gasteiger partial charge in [0.1, 0.15) is 0 Å². The fourth-order valence-electron chi connectivity index (χ4n) is 3.30. The molecule has 0 heterocycles. The molecule has 0 amide bonds. The van der Waals surface area contributed by atoms with Gasteiger partial charge < -0.3 is 19.9 Å². The maximum absolute atomic E-state index is 11.1. The van der Waals surface area contributed by atoms with E-state index in [1.165, 1.54) is 12.1 Å². The highest BCUT2D eigenvalue weighted by molar-refractivity contribution is 9.10. The Morgan fingerprint density at radius 3 is 2.32 bits per heavy atom. The molecule has 0 radical (unpaired) electrons. The predicted octanol–water partition coefficient (Wildman–Crippen LogP) is 5.65. The van der Waals surface area contributed by atoms with Crippen molar-refractivity contribution in [3.05, 3.63) is 92.4 Å². The van der Waals surface area contributed by atoms with Gasteiger partial charge in [-0.2, -0.15) is 0 Å². The van der Waals surface area contributed by atoms with E-state index in [1.807, 2.05) is 24.3 Å². The minimum absolute atomic E-state index is 0.00000430. The van der Waals surface area contributed by atoms with E-state index in [1.54, 1.807) is 44.6 Å². The summed E-state index contributed by atoms with van der Waals surface area (Å²) >= 11 is 3.43. The second-order valence-electron chi connectivity index (χ2n) is 6.92. The average Bonchev–Trinajstić information content (AvgIpc) is 2.78. The SMILES string of the molecule is COc1ccc(C(O)CC(Nc2cccc([N+](=O)[O-])c2)c2ccc(Br)cc2)cc1OC. The fraction of sp³-hybridized carbons (Fsp3) is 0.217. The number of non-ortho nitro benzene ring substituents is 1. The summed E-state index contributed by atoms with van der Waals surface area (Å²) < 4.78 is 11.5. The Morgan fingerprint density at radius 2 is 1.68 bits per heavy atom. The Labute approximate surface area is 188 Å². The van der Waals surface area contributed by atoms with Crippen LogP contribution in [0.25, 0.3) is 0 Å². The largest absolute Gasteiger partial charge is 0.493 e. The predicted molar refractivity (Wildman–Crippen MR) is 123 cm³/mol. The molecule has 3 rings (SSSR count). The van der Waals surface area contributed by atoms with Crippen LogP contribution in [0.3, 0.4) is 0 Å². The van der Waals surface area contributed by atoms with Crippen LogP contribution in [-0.4, -0.2) is 24.2 Å². The third-order valence-electron chi connectivity index (χ3n) is 4.92. The number of hydrogen-bond acceptors (Lipinski definition) is 6.